The number of pyridine rings is 1. The predicted octanol–water partition coefficient (Wildman–Crippen LogP) is 2.04. The molecule has 6 nitrogen and oxygen atoms in total. The van der Waals surface area contributed by atoms with Gasteiger partial charge in [0.2, 0.25) is 0 Å². The van der Waals surface area contributed by atoms with Gasteiger partial charge in [-0.2, -0.15) is 5.10 Å². The number of aryl methyl sites for hydroxylation is 2. The van der Waals surface area contributed by atoms with Gasteiger partial charge in [0.15, 0.2) is 0 Å². The molecule has 2 heterocycles. The molecule has 21 heavy (non-hydrogen) atoms. The van der Waals surface area contributed by atoms with Gasteiger partial charge in [0.05, 0.1) is 6.20 Å². The van der Waals surface area contributed by atoms with Crippen LogP contribution in [-0.2, 0) is 13.0 Å². The number of hydrogen-bond acceptors (Lipinski definition) is 4. The molecule has 0 bridgehead atoms. The SMILES string of the molecule is CCNc1cc(C(=O)NCc2cn[nH]c2C)cc(CC)n1. The lowest BCUT2D eigenvalue weighted by Gasteiger charge is -2.09. The third kappa shape index (κ3) is 3.81. The first-order valence-electron chi connectivity index (χ1n) is 7.15. The Kier molecular flexibility index (Phi) is 4.92. The van der Waals surface area contributed by atoms with E-state index in [0.717, 1.165) is 35.7 Å². The molecule has 0 aromatic carbocycles. The van der Waals surface area contributed by atoms with Gasteiger partial charge in [-0.3, -0.25) is 9.89 Å². The van der Waals surface area contributed by atoms with E-state index >= 15 is 0 Å². The van der Waals surface area contributed by atoms with E-state index in [1.165, 1.54) is 0 Å². The number of amides is 1. The Balaban J connectivity index is 2.10. The Morgan fingerprint density at radius 2 is 2.14 bits per heavy atom. The van der Waals surface area contributed by atoms with E-state index < -0.39 is 0 Å². The second kappa shape index (κ2) is 6.88. The minimum atomic E-state index is -0.105. The lowest BCUT2D eigenvalue weighted by Crippen LogP contribution is -2.23. The predicted molar refractivity (Wildman–Crippen MR) is 82.3 cm³/mol. The molecule has 2 rings (SSSR count). The van der Waals surface area contributed by atoms with Crippen LogP contribution in [0.15, 0.2) is 18.3 Å². The minimum Gasteiger partial charge on any atom is -0.370 e. The number of nitrogens with zero attached hydrogens (tertiary/aromatic N) is 2. The van der Waals surface area contributed by atoms with Crippen LogP contribution in [0.5, 0.6) is 0 Å². The fourth-order valence-corrected chi connectivity index (χ4v) is 2.00. The summed E-state index contributed by atoms with van der Waals surface area (Å²) in [5.41, 5.74) is 3.48. The summed E-state index contributed by atoms with van der Waals surface area (Å²) in [5.74, 6) is 0.633. The highest BCUT2D eigenvalue weighted by atomic mass is 16.1. The molecule has 2 aromatic rings. The summed E-state index contributed by atoms with van der Waals surface area (Å²) in [7, 11) is 0. The van der Waals surface area contributed by atoms with Crippen molar-refractivity contribution in [1.29, 1.82) is 0 Å². The van der Waals surface area contributed by atoms with Crippen LogP contribution in [0.2, 0.25) is 0 Å². The van der Waals surface area contributed by atoms with Crippen LogP contribution in [0.1, 0.15) is 41.2 Å². The lowest BCUT2D eigenvalue weighted by molar-refractivity contribution is 0.0950. The number of rotatable bonds is 6. The van der Waals surface area contributed by atoms with Crippen molar-refractivity contribution >= 4 is 11.7 Å². The largest absolute Gasteiger partial charge is 0.370 e. The Labute approximate surface area is 124 Å². The monoisotopic (exact) mass is 287 g/mol. The van der Waals surface area contributed by atoms with Crippen LogP contribution in [0, 0.1) is 6.92 Å². The van der Waals surface area contributed by atoms with Crippen molar-refractivity contribution in [2.45, 2.75) is 33.7 Å². The molecule has 6 heteroatoms. The molecule has 0 aliphatic rings. The van der Waals surface area contributed by atoms with Crippen LogP contribution in [0.25, 0.3) is 0 Å². The van der Waals surface area contributed by atoms with Gasteiger partial charge < -0.3 is 10.6 Å². The van der Waals surface area contributed by atoms with Gasteiger partial charge in [0.1, 0.15) is 5.82 Å². The number of anilines is 1. The molecule has 0 aliphatic heterocycles. The fraction of sp³-hybridized carbons (Fsp3) is 0.400. The Morgan fingerprint density at radius 3 is 2.76 bits per heavy atom. The summed E-state index contributed by atoms with van der Waals surface area (Å²) in [6, 6.07) is 3.61. The third-order valence-corrected chi connectivity index (χ3v) is 3.23. The van der Waals surface area contributed by atoms with Gasteiger partial charge in [-0.05, 0) is 32.4 Å². The maximum Gasteiger partial charge on any atom is 0.251 e. The number of carbonyl (C=O) groups is 1. The maximum atomic E-state index is 12.3. The molecule has 0 saturated carbocycles. The molecule has 3 N–H and O–H groups in total. The topological polar surface area (TPSA) is 82.7 Å². The minimum absolute atomic E-state index is 0.105. The summed E-state index contributed by atoms with van der Waals surface area (Å²) in [4.78, 5) is 16.7. The van der Waals surface area contributed by atoms with Crippen molar-refractivity contribution in [2.24, 2.45) is 0 Å². The zero-order valence-electron chi connectivity index (χ0n) is 12.7. The highest BCUT2D eigenvalue weighted by Gasteiger charge is 2.10. The average molecular weight is 287 g/mol. The first kappa shape index (κ1) is 15.0. The second-order valence-electron chi connectivity index (χ2n) is 4.82. The second-order valence-corrected chi connectivity index (χ2v) is 4.82. The smallest absolute Gasteiger partial charge is 0.251 e. The van der Waals surface area contributed by atoms with Crippen molar-refractivity contribution in [3.63, 3.8) is 0 Å². The molecule has 0 radical (unpaired) electrons. The zero-order valence-corrected chi connectivity index (χ0v) is 12.7. The number of nitrogens with one attached hydrogen (secondary N) is 3. The highest BCUT2D eigenvalue weighted by Crippen LogP contribution is 2.12. The van der Waals surface area contributed by atoms with E-state index in [2.05, 4.69) is 25.8 Å². The maximum absolute atomic E-state index is 12.3. The summed E-state index contributed by atoms with van der Waals surface area (Å²) in [5, 5.41) is 12.9. The van der Waals surface area contributed by atoms with Crippen LogP contribution >= 0.6 is 0 Å². The number of aromatic amines is 1. The molecule has 2 aromatic heterocycles. The lowest BCUT2D eigenvalue weighted by atomic mass is 10.1. The molecular formula is C15H21N5O. The van der Waals surface area contributed by atoms with Gasteiger partial charge in [-0.1, -0.05) is 6.92 Å². The van der Waals surface area contributed by atoms with Gasteiger partial charge in [0.25, 0.3) is 5.91 Å². The van der Waals surface area contributed by atoms with E-state index in [1.807, 2.05) is 26.8 Å². The number of hydrogen-bond donors (Lipinski definition) is 3. The van der Waals surface area contributed by atoms with Crippen LogP contribution in [0.4, 0.5) is 5.82 Å². The quantitative estimate of drug-likeness (QED) is 0.759. The van der Waals surface area contributed by atoms with Crippen molar-refractivity contribution in [1.82, 2.24) is 20.5 Å². The molecule has 0 saturated heterocycles. The Hall–Kier alpha value is -2.37. The summed E-state index contributed by atoms with van der Waals surface area (Å²) < 4.78 is 0. The summed E-state index contributed by atoms with van der Waals surface area (Å²) >= 11 is 0. The number of aromatic nitrogens is 3. The normalized spacial score (nSPS) is 10.4. The summed E-state index contributed by atoms with van der Waals surface area (Å²) in [6.45, 7) is 7.19. The van der Waals surface area contributed by atoms with Gasteiger partial charge in [-0.15, -0.1) is 0 Å². The number of H-pyrrole nitrogens is 1. The van der Waals surface area contributed by atoms with Gasteiger partial charge in [-0.25, -0.2) is 4.98 Å². The third-order valence-electron chi connectivity index (χ3n) is 3.23. The van der Waals surface area contributed by atoms with Gasteiger partial charge in [0, 0.05) is 35.6 Å². The Bertz CT molecular complexity index is 620. The molecule has 112 valence electrons. The first-order valence-corrected chi connectivity index (χ1v) is 7.15. The van der Waals surface area contributed by atoms with Crippen molar-refractivity contribution in [3.8, 4) is 0 Å². The molecule has 0 unspecified atom stereocenters. The van der Waals surface area contributed by atoms with Crippen LogP contribution in [-0.4, -0.2) is 27.6 Å². The van der Waals surface area contributed by atoms with Gasteiger partial charge >= 0.3 is 0 Å². The van der Waals surface area contributed by atoms with Crippen LogP contribution in [0.3, 0.4) is 0 Å². The molecule has 0 aliphatic carbocycles. The molecule has 1 amide bonds. The van der Waals surface area contributed by atoms with Crippen molar-refractivity contribution in [2.75, 3.05) is 11.9 Å². The molecule has 0 spiro atoms. The van der Waals surface area contributed by atoms with E-state index in [-0.39, 0.29) is 5.91 Å². The molecule has 0 fully saturated rings. The first-order chi connectivity index (χ1) is 10.1. The van der Waals surface area contributed by atoms with E-state index in [4.69, 9.17) is 0 Å². The Morgan fingerprint density at radius 1 is 1.33 bits per heavy atom. The fourth-order valence-electron chi connectivity index (χ4n) is 2.00. The zero-order chi connectivity index (χ0) is 15.2. The van der Waals surface area contributed by atoms with Crippen LogP contribution < -0.4 is 10.6 Å². The molecule has 0 atom stereocenters. The van der Waals surface area contributed by atoms with Crippen molar-refractivity contribution in [3.05, 3.63) is 40.8 Å². The van der Waals surface area contributed by atoms with Crippen molar-refractivity contribution < 1.29 is 4.79 Å². The standard InChI is InChI=1S/C15H21N5O/c1-4-13-6-11(7-14(19-13)16-5-2)15(21)17-8-12-9-18-20-10(12)3/h6-7,9H,4-5,8H2,1-3H3,(H,16,19)(H,17,21)(H,18,20). The molecular weight excluding hydrogens is 266 g/mol. The van der Waals surface area contributed by atoms with E-state index in [1.54, 1.807) is 12.3 Å². The van der Waals surface area contributed by atoms with E-state index in [9.17, 15) is 4.79 Å². The van der Waals surface area contributed by atoms with E-state index in [0.29, 0.717) is 12.1 Å². The average Bonchev–Trinajstić information content (AvgIpc) is 2.90. The number of carbonyl (C=O) groups excluding carboxylic acids is 1. The summed E-state index contributed by atoms with van der Waals surface area (Å²) in [6.07, 6.45) is 2.52. The highest BCUT2D eigenvalue weighted by molar-refractivity contribution is 5.95.